The van der Waals surface area contributed by atoms with Crippen LogP contribution >= 0.6 is 7.82 Å². The number of hydrogen-bond acceptors (Lipinski definition) is 7. The fourth-order valence-corrected chi connectivity index (χ4v) is 6.51. The van der Waals surface area contributed by atoms with E-state index in [1.807, 2.05) is 0 Å². The first-order valence-corrected chi connectivity index (χ1v) is 23.3. The number of phosphoric ester groups is 1. The molecule has 0 saturated carbocycles. The van der Waals surface area contributed by atoms with Gasteiger partial charge in [-0.05, 0) is 77.0 Å². The maximum atomic E-state index is 12.6. The zero-order chi connectivity index (χ0) is 39.5. The molecule has 0 spiro atoms. The summed E-state index contributed by atoms with van der Waals surface area (Å²) in [5.74, 6) is -0.343. The number of ether oxygens (including phenoxy) is 2. The third-order valence-corrected chi connectivity index (χ3v) is 9.90. The molecule has 3 N–H and O–H groups in total. The lowest BCUT2D eigenvalue weighted by Gasteiger charge is -2.20. The third kappa shape index (κ3) is 41.4. The van der Waals surface area contributed by atoms with Crippen molar-refractivity contribution in [3.63, 3.8) is 0 Å². The van der Waals surface area contributed by atoms with Crippen LogP contribution in [0.5, 0.6) is 0 Å². The van der Waals surface area contributed by atoms with Gasteiger partial charge in [0.1, 0.15) is 6.10 Å². The molecule has 0 amide bonds. The number of carbonyl (C=O) groups is 1. The van der Waals surface area contributed by atoms with Crippen LogP contribution in [0.4, 0.5) is 0 Å². The van der Waals surface area contributed by atoms with Gasteiger partial charge in [-0.15, -0.1) is 0 Å². The average Bonchev–Trinajstić information content (AvgIpc) is 3.16. The van der Waals surface area contributed by atoms with Crippen molar-refractivity contribution in [2.45, 2.75) is 187 Å². The Bertz CT molecular complexity index is 1010. The summed E-state index contributed by atoms with van der Waals surface area (Å²) >= 11 is 0. The van der Waals surface area contributed by atoms with Crippen molar-refractivity contribution in [2.24, 2.45) is 5.73 Å². The van der Waals surface area contributed by atoms with Crippen molar-refractivity contribution in [1.29, 1.82) is 0 Å². The van der Waals surface area contributed by atoms with Gasteiger partial charge in [0.25, 0.3) is 0 Å². The molecule has 0 aliphatic rings. The van der Waals surface area contributed by atoms with E-state index in [1.165, 1.54) is 96.3 Å². The van der Waals surface area contributed by atoms with Crippen LogP contribution in [-0.4, -0.2) is 49.9 Å². The van der Waals surface area contributed by atoms with Crippen LogP contribution in [0, 0.1) is 0 Å². The maximum absolute atomic E-state index is 12.6. The van der Waals surface area contributed by atoms with Gasteiger partial charge in [-0.1, -0.05) is 158 Å². The van der Waals surface area contributed by atoms with Crippen LogP contribution in [0.15, 0.2) is 60.8 Å². The number of unbranched alkanes of at least 4 members (excludes halogenated alkanes) is 18. The van der Waals surface area contributed by atoms with Gasteiger partial charge < -0.3 is 20.1 Å². The standard InChI is InChI=1S/C45H82NO7P/c1-3-5-7-9-11-13-15-17-19-20-21-22-23-24-25-26-28-30-32-34-36-38-45(47)53-44(43-52-54(48,49)51-41-39-46)42-50-40-37-35-33-31-29-27-18-16-14-12-10-8-6-4-2/h5,7,11,13-14,16-17,19,21-22,44H,3-4,6,8-10,12,15,18,20,23-43,46H2,1-2H3,(H,48,49)/b7-5-,13-11-,16-14-,19-17-,22-21-. The Balaban J connectivity index is 4.05. The van der Waals surface area contributed by atoms with Gasteiger partial charge in [-0.3, -0.25) is 13.8 Å². The highest BCUT2D eigenvalue weighted by Gasteiger charge is 2.25. The van der Waals surface area contributed by atoms with E-state index in [1.54, 1.807) is 0 Å². The number of carbonyl (C=O) groups excluding carboxylic acids is 1. The Morgan fingerprint density at radius 1 is 0.574 bits per heavy atom. The summed E-state index contributed by atoms with van der Waals surface area (Å²) in [5, 5.41) is 0. The highest BCUT2D eigenvalue weighted by molar-refractivity contribution is 7.47. The molecule has 8 nitrogen and oxygen atoms in total. The molecule has 0 bridgehead atoms. The lowest BCUT2D eigenvalue weighted by molar-refractivity contribution is -0.154. The molecule has 314 valence electrons. The Labute approximate surface area is 332 Å². The van der Waals surface area contributed by atoms with E-state index in [9.17, 15) is 14.3 Å². The predicted octanol–water partition coefficient (Wildman–Crippen LogP) is 13.0. The summed E-state index contributed by atoms with van der Waals surface area (Å²) in [7, 11) is -4.28. The number of phosphoric acid groups is 1. The molecule has 9 heteroatoms. The molecule has 2 atom stereocenters. The van der Waals surface area contributed by atoms with Crippen molar-refractivity contribution in [3.8, 4) is 0 Å². The van der Waals surface area contributed by atoms with Crippen molar-refractivity contribution in [1.82, 2.24) is 0 Å². The Morgan fingerprint density at radius 3 is 1.57 bits per heavy atom. The summed E-state index contributed by atoms with van der Waals surface area (Å²) in [6.45, 7) is 4.77. The van der Waals surface area contributed by atoms with E-state index >= 15 is 0 Å². The highest BCUT2D eigenvalue weighted by atomic mass is 31.2. The molecule has 0 fully saturated rings. The second-order valence-corrected chi connectivity index (χ2v) is 15.6. The van der Waals surface area contributed by atoms with Gasteiger partial charge >= 0.3 is 13.8 Å². The average molecular weight is 780 g/mol. The van der Waals surface area contributed by atoms with E-state index in [2.05, 4.69) is 74.6 Å². The Hall–Kier alpha value is -1.80. The van der Waals surface area contributed by atoms with Crippen molar-refractivity contribution in [2.75, 3.05) is 33.0 Å². The zero-order valence-corrected chi connectivity index (χ0v) is 35.6. The number of rotatable bonds is 41. The van der Waals surface area contributed by atoms with Crippen molar-refractivity contribution >= 4 is 13.8 Å². The lowest BCUT2D eigenvalue weighted by atomic mass is 10.1. The number of hydrogen-bond donors (Lipinski definition) is 2. The number of nitrogens with two attached hydrogens (primary N) is 1. The predicted molar refractivity (Wildman–Crippen MR) is 229 cm³/mol. The van der Waals surface area contributed by atoms with Gasteiger partial charge in [-0.25, -0.2) is 4.57 Å². The lowest BCUT2D eigenvalue weighted by Crippen LogP contribution is -2.28. The monoisotopic (exact) mass is 780 g/mol. The highest BCUT2D eigenvalue weighted by Crippen LogP contribution is 2.43. The van der Waals surface area contributed by atoms with E-state index in [0.29, 0.717) is 13.0 Å². The van der Waals surface area contributed by atoms with Crippen LogP contribution in [0.2, 0.25) is 0 Å². The Kier molecular flexibility index (Phi) is 40.9. The van der Waals surface area contributed by atoms with Crippen LogP contribution in [-0.2, 0) is 27.9 Å². The smallest absolute Gasteiger partial charge is 0.457 e. The Morgan fingerprint density at radius 2 is 1.04 bits per heavy atom. The van der Waals surface area contributed by atoms with Crippen LogP contribution < -0.4 is 5.73 Å². The summed E-state index contributed by atoms with van der Waals surface area (Å²) in [5.41, 5.74) is 5.37. The summed E-state index contributed by atoms with van der Waals surface area (Å²) in [6.07, 6.45) is 50.9. The van der Waals surface area contributed by atoms with E-state index in [-0.39, 0.29) is 32.3 Å². The molecule has 0 aromatic heterocycles. The molecule has 0 heterocycles. The van der Waals surface area contributed by atoms with Crippen molar-refractivity contribution < 1.29 is 32.8 Å². The van der Waals surface area contributed by atoms with Crippen molar-refractivity contribution in [3.05, 3.63) is 60.8 Å². The second-order valence-electron chi connectivity index (χ2n) is 14.2. The van der Waals surface area contributed by atoms with Gasteiger partial charge in [0.15, 0.2) is 0 Å². The molecule has 0 radical (unpaired) electrons. The fourth-order valence-electron chi connectivity index (χ4n) is 5.75. The molecule has 0 aromatic rings. The minimum atomic E-state index is -4.28. The molecular formula is C45H82NO7P. The molecule has 0 aliphatic carbocycles. The van der Waals surface area contributed by atoms with Gasteiger partial charge in [0.05, 0.1) is 19.8 Å². The fraction of sp³-hybridized carbons (Fsp3) is 0.756. The molecule has 0 aromatic carbocycles. The quantitative estimate of drug-likeness (QED) is 0.0273. The summed E-state index contributed by atoms with van der Waals surface area (Å²) < 4.78 is 33.4. The van der Waals surface area contributed by atoms with E-state index in [0.717, 1.165) is 64.2 Å². The molecule has 0 rings (SSSR count). The molecular weight excluding hydrogens is 697 g/mol. The zero-order valence-electron chi connectivity index (χ0n) is 34.7. The molecule has 2 unspecified atom stereocenters. The van der Waals surface area contributed by atoms with E-state index < -0.39 is 13.9 Å². The number of allylic oxidation sites excluding steroid dienone is 10. The van der Waals surface area contributed by atoms with Gasteiger partial charge in [0, 0.05) is 19.6 Å². The minimum absolute atomic E-state index is 0.0956. The first-order valence-electron chi connectivity index (χ1n) is 21.8. The first-order chi connectivity index (χ1) is 26.4. The van der Waals surface area contributed by atoms with Gasteiger partial charge in [-0.2, -0.15) is 0 Å². The summed E-state index contributed by atoms with van der Waals surface area (Å²) in [4.78, 5) is 22.5. The number of esters is 1. The topological polar surface area (TPSA) is 117 Å². The van der Waals surface area contributed by atoms with E-state index in [4.69, 9.17) is 24.3 Å². The summed E-state index contributed by atoms with van der Waals surface area (Å²) in [6, 6.07) is 0. The second kappa shape index (κ2) is 42.3. The molecule has 0 aliphatic heterocycles. The molecule has 54 heavy (non-hydrogen) atoms. The minimum Gasteiger partial charge on any atom is -0.457 e. The molecule has 0 saturated heterocycles. The van der Waals surface area contributed by atoms with Crippen LogP contribution in [0.1, 0.15) is 181 Å². The first kappa shape index (κ1) is 52.2. The third-order valence-electron chi connectivity index (χ3n) is 8.92. The largest absolute Gasteiger partial charge is 0.472 e. The SMILES string of the molecule is CC/C=C\C/C=C\C/C=C\C/C=C\CCCCCCCCCCC(=O)OC(COCCCCCCCC/C=C\CCCCCC)COP(=O)(O)OCCN. The van der Waals surface area contributed by atoms with Gasteiger partial charge in [0.2, 0.25) is 0 Å². The maximum Gasteiger partial charge on any atom is 0.472 e. The van der Waals surface area contributed by atoms with Crippen LogP contribution in [0.25, 0.3) is 0 Å². The van der Waals surface area contributed by atoms with Crippen LogP contribution in [0.3, 0.4) is 0 Å². The normalized spacial score (nSPS) is 14.1.